The van der Waals surface area contributed by atoms with Gasteiger partial charge in [0, 0.05) is 16.5 Å². The summed E-state index contributed by atoms with van der Waals surface area (Å²) in [5.41, 5.74) is 1.99. The summed E-state index contributed by atoms with van der Waals surface area (Å²) in [6.07, 6.45) is 1.79. The molecular formula is C14H11ClN2O. The van der Waals surface area contributed by atoms with E-state index in [0.29, 0.717) is 11.6 Å². The maximum Gasteiger partial charge on any atom is 0.117 e. The molecule has 0 bridgehead atoms. The number of fused-ring (bicyclic) bond motifs is 1. The summed E-state index contributed by atoms with van der Waals surface area (Å²) in [6, 6.07) is 12.9. The highest BCUT2D eigenvalue weighted by Crippen LogP contribution is 2.21. The number of hydrogen-bond acceptors (Lipinski definition) is 2. The first-order valence-electron chi connectivity index (χ1n) is 5.61. The van der Waals surface area contributed by atoms with Crippen LogP contribution in [0.5, 0.6) is 5.75 Å². The van der Waals surface area contributed by atoms with Gasteiger partial charge in [-0.2, -0.15) is 5.10 Å². The summed E-state index contributed by atoms with van der Waals surface area (Å²) < 4.78 is 1.85. The molecule has 0 saturated heterocycles. The fraction of sp³-hybridized carbons (Fsp3) is 0.0714. The zero-order valence-corrected chi connectivity index (χ0v) is 10.3. The van der Waals surface area contributed by atoms with Crippen LogP contribution in [-0.2, 0) is 6.54 Å². The Morgan fingerprint density at radius 2 is 2.06 bits per heavy atom. The van der Waals surface area contributed by atoms with Crippen LogP contribution in [0, 0.1) is 0 Å². The molecule has 18 heavy (non-hydrogen) atoms. The Hall–Kier alpha value is -2.00. The Kier molecular flexibility index (Phi) is 2.68. The maximum atomic E-state index is 9.52. The average molecular weight is 259 g/mol. The first-order chi connectivity index (χ1) is 8.72. The molecule has 3 rings (SSSR count). The molecule has 0 aliphatic rings. The Labute approximate surface area is 109 Å². The van der Waals surface area contributed by atoms with Crippen molar-refractivity contribution in [1.29, 1.82) is 0 Å². The SMILES string of the molecule is Oc1ccc2cnn(Cc3cccc(Cl)c3)c2c1. The molecule has 1 heterocycles. The maximum absolute atomic E-state index is 9.52. The molecule has 90 valence electrons. The van der Waals surface area contributed by atoms with Crippen molar-refractivity contribution in [2.45, 2.75) is 6.54 Å². The molecule has 0 unspecified atom stereocenters. The Morgan fingerprint density at radius 1 is 1.17 bits per heavy atom. The highest BCUT2D eigenvalue weighted by Gasteiger charge is 2.04. The smallest absolute Gasteiger partial charge is 0.117 e. The lowest BCUT2D eigenvalue weighted by Crippen LogP contribution is -2.01. The van der Waals surface area contributed by atoms with E-state index in [2.05, 4.69) is 5.10 Å². The molecule has 0 amide bonds. The molecular weight excluding hydrogens is 248 g/mol. The van der Waals surface area contributed by atoms with E-state index < -0.39 is 0 Å². The van der Waals surface area contributed by atoms with Gasteiger partial charge >= 0.3 is 0 Å². The standard InChI is InChI=1S/C14H11ClN2O/c15-12-3-1-2-10(6-12)9-17-14-7-13(18)5-4-11(14)8-16-17/h1-8,18H,9H2. The summed E-state index contributed by atoms with van der Waals surface area (Å²) in [5.74, 6) is 0.246. The van der Waals surface area contributed by atoms with E-state index in [1.807, 2.05) is 35.0 Å². The number of phenolic OH excluding ortho intramolecular Hbond substituents is 1. The second kappa shape index (κ2) is 4.35. The average Bonchev–Trinajstić information content (AvgIpc) is 2.72. The Bertz CT molecular complexity index is 706. The minimum absolute atomic E-state index is 0.246. The Morgan fingerprint density at radius 3 is 2.89 bits per heavy atom. The fourth-order valence-electron chi connectivity index (χ4n) is 1.99. The van der Waals surface area contributed by atoms with Gasteiger partial charge < -0.3 is 5.11 Å². The molecule has 0 atom stereocenters. The van der Waals surface area contributed by atoms with Gasteiger partial charge in [0.25, 0.3) is 0 Å². The van der Waals surface area contributed by atoms with E-state index in [1.165, 1.54) is 0 Å². The van der Waals surface area contributed by atoms with Crippen molar-refractivity contribution in [3.05, 3.63) is 59.2 Å². The minimum Gasteiger partial charge on any atom is -0.508 e. The lowest BCUT2D eigenvalue weighted by atomic mass is 10.2. The van der Waals surface area contributed by atoms with Crippen molar-refractivity contribution in [3.63, 3.8) is 0 Å². The van der Waals surface area contributed by atoms with E-state index in [4.69, 9.17) is 11.6 Å². The molecule has 0 saturated carbocycles. The largest absolute Gasteiger partial charge is 0.508 e. The summed E-state index contributed by atoms with van der Waals surface area (Å²) >= 11 is 5.96. The molecule has 3 nitrogen and oxygen atoms in total. The van der Waals surface area contributed by atoms with E-state index in [-0.39, 0.29) is 5.75 Å². The third kappa shape index (κ3) is 2.05. The molecule has 0 aliphatic carbocycles. The number of rotatable bonds is 2. The quantitative estimate of drug-likeness (QED) is 0.765. The van der Waals surface area contributed by atoms with Gasteiger partial charge in [0.05, 0.1) is 18.3 Å². The van der Waals surface area contributed by atoms with Crippen LogP contribution in [0.1, 0.15) is 5.56 Å². The van der Waals surface area contributed by atoms with Crippen LogP contribution in [0.4, 0.5) is 0 Å². The predicted octanol–water partition coefficient (Wildman–Crippen LogP) is 3.44. The van der Waals surface area contributed by atoms with Gasteiger partial charge in [-0.05, 0) is 29.8 Å². The highest BCUT2D eigenvalue weighted by molar-refractivity contribution is 6.30. The summed E-state index contributed by atoms with van der Waals surface area (Å²) in [7, 11) is 0. The number of aromatic nitrogens is 2. The highest BCUT2D eigenvalue weighted by atomic mass is 35.5. The monoisotopic (exact) mass is 258 g/mol. The second-order valence-electron chi connectivity index (χ2n) is 4.18. The van der Waals surface area contributed by atoms with Crippen LogP contribution in [0.3, 0.4) is 0 Å². The molecule has 1 N–H and O–H groups in total. The van der Waals surface area contributed by atoms with Crippen LogP contribution in [-0.4, -0.2) is 14.9 Å². The second-order valence-corrected chi connectivity index (χ2v) is 4.61. The molecule has 4 heteroatoms. The fourth-order valence-corrected chi connectivity index (χ4v) is 2.21. The normalized spacial score (nSPS) is 10.9. The number of halogens is 1. The first kappa shape index (κ1) is 11.1. The van der Waals surface area contributed by atoms with Crippen LogP contribution in [0.15, 0.2) is 48.7 Å². The van der Waals surface area contributed by atoms with Crippen LogP contribution in [0.25, 0.3) is 10.9 Å². The number of benzene rings is 2. The van der Waals surface area contributed by atoms with Crippen LogP contribution in [0.2, 0.25) is 5.02 Å². The number of nitrogens with zero attached hydrogens (tertiary/aromatic N) is 2. The topological polar surface area (TPSA) is 38.1 Å². The summed E-state index contributed by atoms with van der Waals surface area (Å²) in [4.78, 5) is 0. The number of phenols is 1. The van der Waals surface area contributed by atoms with Crippen molar-refractivity contribution in [2.75, 3.05) is 0 Å². The molecule has 3 aromatic rings. The van der Waals surface area contributed by atoms with Gasteiger partial charge in [-0.1, -0.05) is 23.7 Å². The molecule has 0 spiro atoms. The predicted molar refractivity (Wildman–Crippen MR) is 72.0 cm³/mol. The van der Waals surface area contributed by atoms with Crippen LogP contribution < -0.4 is 0 Å². The number of aromatic hydroxyl groups is 1. The van der Waals surface area contributed by atoms with Gasteiger partial charge in [-0.25, -0.2) is 0 Å². The Balaban J connectivity index is 2.02. The van der Waals surface area contributed by atoms with Crippen molar-refractivity contribution in [3.8, 4) is 5.75 Å². The summed E-state index contributed by atoms with van der Waals surface area (Å²) in [6.45, 7) is 0.632. The van der Waals surface area contributed by atoms with Gasteiger partial charge in [-0.3, -0.25) is 4.68 Å². The molecule has 0 radical (unpaired) electrons. The van der Waals surface area contributed by atoms with E-state index >= 15 is 0 Å². The van der Waals surface area contributed by atoms with E-state index in [9.17, 15) is 5.11 Å². The van der Waals surface area contributed by atoms with Gasteiger partial charge in [-0.15, -0.1) is 0 Å². The van der Waals surface area contributed by atoms with Crippen molar-refractivity contribution < 1.29 is 5.11 Å². The lowest BCUT2D eigenvalue weighted by molar-refractivity contribution is 0.475. The van der Waals surface area contributed by atoms with Crippen molar-refractivity contribution in [1.82, 2.24) is 9.78 Å². The summed E-state index contributed by atoms with van der Waals surface area (Å²) in [5, 5.41) is 15.6. The molecule has 2 aromatic carbocycles. The molecule has 0 fully saturated rings. The van der Waals surface area contributed by atoms with E-state index in [0.717, 1.165) is 16.5 Å². The van der Waals surface area contributed by atoms with Crippen molar-refractivity contribution in [2.24, 2.45) is 0 Å². The van der Waals surface area contributed by atoms with E-state index in [1.54, 1.807) is 18.3 Å². The molecule has 0 aliphatic heterocycles. The van der Waals surface area contributed by atoms with Crippen LogP contribution >= 0.6 is 11.6 Å². The molecule has 1 aromatic heterocycles. The van der Waals surface area contributed by atoms with Gasteiger partial charge in [0.15, 0.2) is 0 Å². The number of hydrogen-bond donors (Lipinski definition) is 1. The zero-order chi connectivity index (χ0) is 12.5. The third-order valence-electron chi connectivity index (χ3n) is 2.85. The van der Waals surface area contributed by atoms with Gasteiger partial charge in [0.1, 0.15) is 5.75 Å². The van der Waals surface area contributed by atoms with Crippen molar-refractivity contribution >= 4 is 22.5 Å². The minimum atomic E-state index is 0.246. The van der Waals surface area contributed by atoms with Gasteiger partial charge in [0.2, 0.25) is 0 Å². The zero-order valence-electron chi connectivity index (χ0n) is 9.55. The first-order valence-corrected chi connectivity index (χ1v) is 5.99. The lowest BCUT2D eigenvalue weighted by Gasteiger charge is -2.04. The third-order valence-corrected chi connectivity index (χ3v) is 3.08.